The van der Waals surface area contributed by atoms with E-state index < -0.39 is 5.97 Å². The molecule has 2 N–H and O–H groups in total. The summed E-state index contributed by atoms with van der Waals surface area (Å²) < 4.78 is 0. The Balaban J connectivity index is 2.35. The standard InChI is InChI=1S/C10H10O3/c11-9-3-1-2-6-4-7(10(12)13)5-8(6)9/h1-3,7,11H,4-5H2,(H,12,13)/t7-/m0/s1. The molecule has 0 aliphatic heterocycles. The van der Waals surface area contributed by atoms with Crippen LogP contribution in [0.2, 0.25) is 0 Å². The number of aliphatic carboxylic acids is 1. The average Bonchev–Trinajstić information content (AvgIpc) is 2.49. The topological polar surface area (TPSA) is 57.5 Å². The smallest absolute Gasteiger partial charge is 0.307 e. The van der Waals surface area contributed by atoms with Crippen LogP contribution in [0.4, 0.5) is 0 Å². The second kappa shape index (κ2) is 2.76. The minimum absolute atomic E-state index is 0.223. The van der Waals surface area contributed by atoms with Crippen molar-refractivity contribution in [2.45, 2.75) is 12.8 Å². The Morgan fingerprint density at radius 2 is 2.15 bits per heavy atom. The van der Waals surface area contributed by atoms with Gasteiger partial charge in [-0.1, -0.05) is 12.1 Å². The van der Waals surface area contributed by atoms with Crippen molar-refractivity contribution < 1.29 is 15.0 Å². The van der Waals surface area contributed by atoms with Crippen molar-refractivity contribution in [1.82, 2.24) is 0 Å². The van der Waals surface area contributed by atoms with Gasteiger partial charge in [0.1, 0.15) is 5.75 Å². The lowest BCUT2D eigenvalue weighted by atomic mass is 10.1. The monoisotopic (exact) mass is 178 g/mol. The van der Waals surface area contributed by atoms with E-state index in [1.807, 2.05) is 6.07 Å². The predicted octanol–water partition coefficient (Wildman–Crippen LogP) is 1.19. The fourth-order valence-electron chi connectivity index (χ4n) is 1.81. The molecule has 0 unspecified atom stereocenters. The van der Waals surface area contributed by atoms with Gasteiger partial charge in [0.25, 0.3) is 0 Å². The van der Waals surface area contributed by atoms with Crippen LogP contribution in [-0.4, -0.2) is 16.2 Å². The molecule has 0 saturated heterocycles. The molecular weight excluding hydrogens is 168 g/mol. The second-order valence-electron chi connectivity index (χ2n) is 3.36. The van der Waals surface area contributed by atoms with Crippen molar-refractivity contribution in [3.8, 4) is 5.75 Å². The molecule has 0 bridgehead atoms. The number of carbonyl (C=O) groups is 1. The molecule has 0 saturated carbocycles. The van der Waals surface area contributed by atoms with E-state index in [0.29, 0.717) is 12.8 Å². The van der Waals surface area contributed by atoms with Crippen LogP contribution in [0, 0.1) is 5.92 Å². The number of carboxylic acids is 1. The van der Waals surface area contributed by atoms with Gasteiger partial charge in [0.2, 0.25) is 0 Å². The molecule has 1 atom stereocenters. The van der Waals surface area contributed by atoms with Crippen molar-refractivity contribution in [2.24, 2.45) is 5.92 Å². The molecule has 3 nitrogen and oxygen atoms in total. The number of fused-ring (bicyclic) bond motifs is 1. The third-order valence-electron chi connectivity index (χ3n) is 2.51. The van der Waals surface area contributed by atoms with Gasteiger partial charge < -0.3 is 10.2 Å². The molecule has 1 aromatic rings. The van der Waals surface area contributed by atoms with Crippen LogP contribution in [0.25, 0.3) is 0 Å². The molecule has 13 heavy (non-hydrogen) atoms. The average molecular weight is 178 g/mol. The normalized spacial score (nSPS) is 19.8. The summed E-state index contributed by atoms with van der Waals surface area (Å²) in [7, 11) is 0. The molecule has 0 heterocycles. The van der Waals surface area contributed by atoms with E-state index in [-0.39, 0.29) is 11.7 Å². The van der Waals surface area contributed by atoms with Crippen LogP contribution in [0.5, 0.6) is 5.75 Å². The van der Waals surface area contributed by atoms with Gasteiger partial charge >= 0.3 is 5.97 Å². The molecule has 0 amide bonds. The first kappa shape index (κ1) is 8.10. The Kier molecular flexibility index (Phi) is 1.72. The lowest BCUT2D eigenvalue weighted by Gasteiger charge is -2.00. The Bertz CT molecular complexity index is 357. The summed E-state index contributed by atoms with van der Waals surface area (Å²) in [6.45, 7) is 0. The maximum Gasteiger partial charge on any atom is 0.307 e. The highest BCUT2D eigenvalue weighted by molar-refractivity contribution is 5.72. The minimum atomic E-state index is -0.782. The highest BCUT2D eigenvalue weighted by Gasteiger charge is 2.28. The van der Waals surface area contributed by atoms with Gasteiger partial charge in [-0.2, -0.15) is 0 Å². The number of carboxylic acid groups (broad SMARTS) is 1. The van der Waals surface area contributed by atoms with E-state index in [1.54, 1.807) is 12.1 Å². The zero-order chi connectivity index (χ0) is 9.42. The van der Waals surface area contributed by atoms with Gasteiger partial charge in [0, 0.05) is 0 Å². The van der Waals surface area contributed by atoms with Gasteiger partial charge in [-0.3, -0.25) is 4.79 Å². The van der Waals surface area contributed by atoms with E-state index in [9.17, 15) is 9.90 Å². The SMILES string of the molecule is O=C(O)[C@H]1Cc2cccc(O)c2C1. The molecule has 68 valence electrons. The minimum Gasteiger partial charge on any atom is -0.508 e. The van der Waals surface area contributed by atoms with E-state index >= 15 is 0 Å². The lowest BCUT2D eigenvalue weighted by Crippen LogP contribution is -2.12. The molecule has 0 radical (unpaired) electrons. The molecule has 1 aromatic carbocycles. The zero-order valence-electron chi connectivity index (χ0n) is 7.03. The number of rotatable bonds is 1. The summed E-state index contributed by atoms with van der Waals surface area (Å²) in [5.41, 5.74) is 1.77. The van der Waals surface area contributed by atoms with Gasteiger partial charge in [0.05, 0.1) is 5.92 Å². The van der Waals surface area contributed by atoms with Crippen LogP contribution in [-0.2, 0) is 17.6 Å². The first-order chi connectivity index (χ1) is 6.18. The third-order valence-corrected chi connectivity index (χ3v) is 2.51. The highest BCUT2D eigenvalue weighted by Crippen LogP contribution is 2.32. The van der Waals surface area contributed by atoms with Gasteiger partial charge in [-0.25, -0.2) is 0 Å². The summed E-state index contributed by atoms with van der Waals surface area (Å²) in [5, 5.41) is 18.2. The van der Waals surface area contributed by atoms with Crippen LogP contribution < -0.4 is 0 Å². The predicted molar refractivity (Wildman–Crippen MR) is 46.6 cm³/mol. The Labute approximate surface area is 75.6 Å². The van der Waals surface area contributed by atoms with Crippen molar-refractivity contribution in [3.63, 3.8) is 0 Å². The molecule has 1 aliphatic carbocycles. The van der Waals surface area contributed by atoms with Crippen LogP contribution in [0.1, 0.15) is 11.1 Å². The quantitative estimate of drug-likeness (QED) is 0.679. The van der Waals surface area contributed by atoms with E-state index in [1.165, 1.54) is 0 Å². The highest BCUT2D eigenvalue weighted by atomic mass is 16.4. The summed E-state index contributed by atoms with van der Waals surface area (Å²) in [4.78, 5) is 10.7. The molecule has 0 aromatic heterocycles. The first-order valence-electron chi connectivity index (χ1n) is 4.21. The largest absolute Gasteiger partial charge is 0.508 e. The second-order valence-corrected chi connectivity index (χ2v) is 3.36. The number of benzene rings is 1. The maximum atomic E-state index is 10.7. The summed E-state index contributed by atoms with van der Waals surface area (Å²) >= 11 is 0. The maximum absolute atomic E-state index is 10.7. The Morgan fingerprint density at radius 3 is 2.77 bits per heavy atom. The van der Waals surface area contributed by atoms with Crippen LogP contribution >= 0.6 is 0 Å². The van der Waals surface area contributed by atoms with Gasteiger partial charge in [-0.05, 0) is 30.0 Å². The summed E-state index contributed by atoms with van der Waals surface area (Å²) in [6, 6.07) is 5.22. The fraction of sp³-hybridized carbons (Fsp3) is 0.300. The van der Waals surface area contributed by atoms with E-state index in [2.05, 4.69) is 0 Å². The fourth-order valence-corrected chi connectivity index (χ4v) is 1.81. The van der Waals surface area contributed by atoms with Crippen LogP contribution in [0.3, 0.4) is 0 Å². The molecule has 0 fully saturated rings. The summed E-state index contributed by atoms with van der Waals surface area (Å²) in [6.07, 6.45) is 0.996. The molecule has 2 rings (SSSR count). The summed E-state index contributed by atoms with van der Waals surface area (Å²) in [5.74, 6) is -0.917. The van der Waals surface area contributed by atoms with Crippen molar-refractivity contribution in [2.75, 3.05) is 0 Å². The van der Waals surface area contributed by atoms with Crippen molar-refractivity contribution in [3.05, 3.63) is 29.3 Å². The van der Waals surface area contributed by atoms with Crippen molar-refractivity contribution >= 4 is 5.97 Å². The van der Waals surface area contributed by atoms with Gasteiger partial charge in [0.15, 0.2) is 0 Å². The number of phenols is 1. The van der Waals surface area contributed by atoms with Crippen molar-refractivity contribution in [1.29, 1.82) is 0 Å². The van der Waals surface area contributed by atoms with E-state index in [4.69, 9.17) is 5.11 Å². The van der Waals surface area contributed by atoms with Crippen LogP contribution in [0.15, 0.2) is 18.2 Å². The van der Waals surface area contributed by atoms with Gasteiger partial charge in [-0.15, -0.1) is 0 Å². The molecular formula is C10H10O3. The number of phenolic OH excluding ortho intramolecular Hbond substituents is 1. The molecule has 3 heteroatoms. The Hall–Kier alpha value is -1.51. The third kappa shape index (κ3) is 1.26. The van der Waals surface area contributed by atoms with E-state index in [0.717, 1.165) is 11.1 Å². The molecule has 1 aliphatic rings. The zero-order valence-corrected chi connectivity index (χ0v) is 7.03. The molecule has 0 spiro atoms. The number of aromatic hydroxyl groups is 1. The Morgan fingerprint density at radius 1 is 1.38 bits per heavy atom. The number of hydrogen-bond acceptors (Lipinski definition) is 2. The lowest BCUT2D eigenvalue weighted by molar-refractivity contribution is -0.141. The first-order valence-corrected chi connectivity index (χ1v) is 4.21. The number of hydrogen-bond donors (Lipinski definition) is 2.